The molecule has 4 amide bonds. The van der Waals surface area contributed by atoms with E-state index in [1.54, 1.807) is 13.8 Å². The fourth-order valence-corrected chi connectivity index (χ4v) is 1.49. The average Bonchev–Trinajstić information content (AvgIpc) is 2.56. The molecule has 0 spiro atoms. The SMILES string of the molecule is CC(C)[C@@H](NC(=O)CN1C(=O)CNC1=O)C(=O)O. The van der Waals surface area contributed by atoms with Crippen molar-refractivity contribution in [1.82, 2.24) is 15.5 Å². The van der Waals surface area contributed by atoms with Gasteiger partial charge in [0.15, 0.2) is 0 Å². The standard InChI is InChI=1S/C10H15N3O5/c1-5(2)8(9(16)17)12-6(14)4-13-7(15)3-11-10(13)18/h5,8H,3-4H2,1-2H3,(H,11,18)(H,12,14)(H,16,17)/t8-/m1/s1. The lowest BCUT2D eigenvalue weighted by Gasteiger charge is -2.19. The fraction of sp³-hybridized carbons (Fsp3) is 0.600. The van der Waals surface area contributed by atoms with E-state index in [0.717, 1.165) is 4.90 Å². The number of carboxylic acids is 1. The van der Waals surface area contributed by atoms with Crippen LogP contribution in [-0.2, 0) is 14.4 Å². The molecule has 0 aromatic carbocycles. The lowest BCUT2D eigenvalue weighted by molar-refractivity contribution is -0.143. The molecule has 8 nitrogen and oxygen atoms in total. The molecule has 100 valence electrons. The van der Waals surface area contributed by atoms with Gasteiger partial charge in [-0.25, -0.2) is 9.59 Å². The van der Waals surface area contributed by atoms with Crippen LogP contribution in [0.2, 0.25) is 0 Å². The molecule has 0 saturated carbocycles. The fourth-order valence-electron chi connectivity index (χ4n) is 1.49. The Hall–Kier alpha value is -2.12. The van der Waals surface area contributed by atoms with Gasteiger partial charge in [-0.2, -0.15) is 0 Å². The van der Waals surface area contributed by atoms with Gasteiger partial charge in [-0.3, -0.25) is 14.5 Å². The lowest BCUT2D eigenvalue weighted by Crippen LogP contribution is -2.49. The molecular formula is C10H15N3O5. The Morgan fingerprint density at radius 2 is 2.06 bits per heavy atom. The number of nitrogens with zero attached hydrogens (tertiary/aromatic N) is 1. The molecule has 1 fully saturated rings. The minimum absolute atomic E-state index is 0.140. The maximum Gasteiger partial charge on any atom is 0.326 e. The zero-order valence-corrected chi connectivity index (χ0v) is 10.1. The van der Waals surface area contributed by atoms with E-state index < -0.39 is 36.4 Å². The highest BCUT2D eigenvalue weighted by atomic mass is 16.4. The van der Waals surface area contributed by atoms with E-state index in [2.05, 4.69) is 10.6 Å². The Bertz CT molecular complexity index is 377. The number of imide groups is 1. The van der Waals surface area contributed by atoms with Crippen molar-refractivity contribution in [2.75, 3.05) is 13.1 Å². The van der Waals surface area contributed by atoms with E-state index in [0.29, 0.717) is 0 Å². The van der Waals surface area contributed by atoms with Gasteiger partial charge < -0.3 is 15.7 Å². The molecular weight excluding hydrogens is 242 g/mol. The zero-order valence-electron chi connectivity index (χ0n) is 10.1. The highest BCUT2D eigenvalue weighted by Crippen LogP contribution is 2.03. The first-order chi connectivity index (χ1) is 8.32. The van der Waals surface area contributed by atoms with E-state index in [1.807, 2.05) is 0 Å². The van der Waals surface area contributed by atoms with Crippen molar-refractivity contribution in [3.05, 3.63) is 0 Å². The second-order valence-corrected chi connectivity index (χ2v) is 4.27. The van der Waals surface area contributed by atoms with Crippen LogP contribution in [0.5, 0.6) is 0 Å². The summed E-state index contributed by atoms with van der Waals surface area (Å²) >= 11 is 0. The van der Waals surface area contributed by atoms with Crippen LogP contribution in [0.4, 0.5) is 4.79 Å². The summed E-state index contributed by atoms with van der Waals surface area (Å²) in [5.74, 6) is -2.64. The van der Waals surface area contributed by atoms with Gasteiger partial charge in [0.05, 0.1) is 6.54 Å². The maximum atomic E-state index is 11.6. The third kappa shape index (κ3) is 3.19. The highest BCUT2D eigenvalue weighted by molar-refractivity contribution is 6.04. The maximum absolute atomic E-state index is 11.6. The van der Waals surface area contributed by atoms with Crippen LogP contribution in [-0.4, -0.2) is 53.0 Å². The number of hydrogen-bond acceptors (Lipinski definition) is 4. The molecule has 0 bridgehead atoms. The van der Waals surface area contributed by atoms with E-state index in [4.69, 9.17) is 5.11 Å². The molecule has 0 unspecified atom stereocenters. The number of nitrogens with one attached hydrogen (secondary N) is 2. The van der Waals surface area contributed by atoms with Gasteiger partial charge in [0, 0.05) is 0 Å². The molecule has 1 atom stereocenters. The van der Waals surface area contributed by atoms with Gasteiger partial charge in [0.1, 0.15) is 12.6 Å². The van der Waals surface area contributed by atoms with Crippen molar-refractivity contribution < 1.29 is 24.3 Å². The molecule has 1 heterocycles. The summed E-state index contributed by atoms with van der Waals surface area (Å²) in [7, 11) is 0. The Labute approximate surface area is 103 Å². The first-order valence-corrected chi connectivity index (χ1v) is 5.43. The lowest BCUT2D eigenvalue weighted by atomic mass is 10.0. The summed E-state index contributed by atoms with van der Waals surface area (Å²) in [4.78, 5) is 45.6. The van der Waals surface area contributed by atoms with Crippen molar-refractivity contribution in [1.29, 1.82) is 0 Å². The van der Waals surface area contributed by atoms with Crippen LogP contribution in [0.3, 0.4) is 0 Å². The quantitative estimate of drug-likeness (QED) is 0.533. The number of aliphatic carboxylic acids is 1. The Balaban J connectivity index is 2.58. The first-order valence-electron chi connectivity index (χ1n) is 5.43. The predicted octanol–water partition coefficient (Wildman–Crippen LogP) is -1.24. The molecule has 0 aromatic rings. The minimum Gasteiger partial charge on any atom is -0.480 e. The molecule has 0 radical (unpaired) electrons. The molecule has 3 N–H and O–H groups in total. The largest absolute Gasteiger partial charge is 0.480 e. The number of hydrogen-bond donors (Lipinski definition) is 3. The third-order valence-corrected chi connectivity index (χ3v) is 2.49. The summed E-state index contributed by atoms with van der Waals surface area (Å²) in [6.07, 6.45) is 0. The summed E-state index contributed by atoms with van der Waals surface area (Å²) in [5, 5.41) is 13.4. The Kier molecular flexibility index (Phi) is 4.24. The highest BCUT2D eigenvalue weighted by Gasteiger charge is 2.31. The van der Waals surface area contributed by atoms with Crippen LogP contribution in [0.25, 0.3) is 0 Å². The van der Waals surface area contributed by atoms with Crippen molar-refractivity contribution >= 4 is 23.8 Å². The molecule has 1 saturated heterocycles. The van der Waals surface area contributed by atoms with Gasteiger partial charge in [0.25, 0.3) is 5.91 Å². The monoisotopic (exact) mass is 257 g/mol. The van der Waals surface area contributed by atoms with Crippen LogP contribution in [0, 0.1) is 5.92 Å². The Morgan fingerprint density at radius 1 is 1.44 bits per heavy atom. The van der Waals surface area contributed by atoms with Gasteiger partial charge in [-0.05, 0) is 5.92 Å². The van der Waals surface area contributed by atoms with E-state index in [-0.39, 0.29) is 12.5 Å². The van der Waals surface area contributed by atoms with Crippen molar-refractivity contribution in [2.24, 2.45) is 5.92 Å². The number of amides is 4. The summed E-state index contributed by atoms with van der Waals surface area (Å²) in [5.41, 5.74) is 0. The van der Waals surface area contributed by atoms with E-state index in [1.165, 1.54) is 0 Å². The number of rotatable bonds is 5. The predicted molar refractivity (Wildman–Crippen MR) is 59.5 cm³/mol. The molecule has 1 rings (SSSR count). The molecule has 8 heteroatoms. The van der Waals surface area contributed by atoms with Gasteiger partial charge in [0.2, 0.25) is 5.91 Å². The van der Waals surface area contributed by atoms with Crippen molar-refractivity contribution in [3.63, 3.8) is 0 Å². The molecule has 18 heavy (non-hydrogen) atoms. The number of carbonyl (C=O) groups excluding carboxylic acids is 3. The first kappa shape index (κ1) is 13.9. The average molecular weight is 257 g/mol. The summed E-state index contributed by atoms with van der Waals surface area (Å²) < 4.78 is 0. The van der Waals surface area contributed by atoms with Crippen LogP contribution in [0.1, 0.15) is 13.8 Å². The molecule has 1 aliphatic rings. The van der Waals surface area contributed by atoms with Gasteiger partial charge in [-0.15, -0.1) is 0 Å². The van der Waals surface area contributed by atoms with Gasteiger partial charge >= 0.3 is 12.0 Å². The second kappa shape index (κ2) is 5.48. The van der Waals surface area contributed by atoms with E-state index in [9.17, 15) is 19.2 Å². The summed E-state index contributed by atoms with van der Waals surface area (Å²) in [6, 6.07) is -1.69. The van der Waals surface area contributed by atoms with Crippen molar-refractivity contribution in [3.8, 4) is 0 Å². The number of urea groups is 1. The third-order valence-electron chi connectivity index (χ3n) is 2.49. The van der Waals surface area contributed by atoms with Gasteiger partial charge in [-0.1, -0.05) is 13.8 Å². The summed E-state index contributed by atoms with van der Waals surface area (Å²) in [6.45, 7) is 2.68. The van der Waals surface area contributed by atoms with E-state index >= 15 is 0 Å². The number of carboxylic acid groups (broad SMARTS) is 1. The molecule has 0 aromatic heterocycles. The smallest absolute Gasteiger partial charge is 0.326 e. The number of carbonyl (C=O) groups is 4. The van der Waals surface area contributed by atoms with Crippen molar-refractivity contribution in [2.45, 2.75) is 19.9 Å². The topological polar surface area (TPSA) is 116 Å². The second-order valence-electron chi connectivity index (χ2n) is 4.27. The van der Waals surface area contributed by atoms with Crippen LogP contribution >= 0.6 is 0 Å². The molecule has 0 aliphatic carbocycles. The van der Waals surface area contributed by atoms with Crippen LogP contribution < -0.4 is 10.6 Å². The Morgan fingerprint density at radius 3 is 2.44 bits per heavy atom. The zero-order chi connectivity index (χ0) is 13.9. The normalized spacial score (nSPS) is 16.7. The molecule has 1 aliphatic heterocycles. The minimum atomic E-state index is -1.16. The van der Waals surface area contributed by atoms with Crippen LogP contribution in [0.15, 0.2) is 0 Å².